The maximum Gasteiger partial charge on any atom is 0.0926 e. The van der Waals surface area contributed by atoms with E-state index in [9.17, 15) is 5.11 Å². The zero-order valence-corrected chi connectivity index (χ0v) is 10.8. The van der Waals surface area contributed by atoms with E-state index in [4.69, 9.17) is 0 Å². The van der Waals surface area contributed by atoms with E-state index >= 15 is 0 Å². The maximum atomic E-state index is 11.0. The minimum absolute atomic E-state index is 0.571. The van der Waals surface area contributed by atoms with Crippen molar-refractivity contribution < 1.29 is 5.11 Å². The van der Waals surface area contributed by atoms with Crippen molar-refractivity contribution in [2.75, 3.05) is 0 Å². The summed E-state index contributed by atoms with van der Waals surface area (Å²) in [5.41, 5.74) is 0.552. The molecular formula is C16H21NO. The summed E-state index contributed by atoms with van der Waals surface area (Å²) in [4.78, 5) is 2.73. The van der Waals surface area contributed by atoms with Crippen LogP contribution in [-0.2, 0) is 5.60 Å². The van der Waals surface area contributed by atoms with Gasteiger partial charge in [-0.05, 0) is 44.1 Å². The predicted octanol–water partition coefficient (Wildman–Crippen LogP) is 2.66. The highest BCUT2D eigenvalue weighted by Gasteiger charge is 2.51. The van der Waals surface area contributed by atoms with E-state index in [-0.39, 0.29) is 0 Å². The lowest BCUT2D eigenvalue weighted by atomic mass is 9.80. The van der Waals surface area contributed by atoms with Gasteiger partial charge in [0.1, 0.15) is 0 Å². The van der Waals surface area contributed by atoms with E-state index in [2.05, 4.69) is 17.0 Å². The van der Waals surface area contributed by atoms with Crippen LogP contribution in [0.5, 0.6) is 0 Å². The molecule has 1 aromatic carbocycles. The summed E-state index contributed by atoms with van der Waals surface area (Å²) in [5, 5.41) is 11.0. The Kier molecular flexibility index (Phi) is 2.33. The molecule has 2 saturated heterocycles. The SMILES string of the molecule is OC1(c2ccccc2)CC2CCC(C1)N2C1CC1. The van der Waals surface area contributed by atoms with Crippen molar-refractivity contribution in [1.82, 2.24) is 4.90 Å². The number of nitrogens with zero attached hydrogens (tertiary/aromatic N) is 1. The summed E-state index contributed by atoms with van der Waals surface area (Å²) >= 11 is 0. The van der Waals surface area contributed by atoms with E-state index in [0.29, 0.717) is 12.1 Å². The van der Waals surface area contributed by atoms with Gasteiger partial charge in [0.2, 0.25) is 0 Å². The normalized spacial score (nSPS) is 40.1. The Balaban J connectivity index is 1.63. The Morgan fingerprint density at radius 3 is 2.00 bits per heavy atom. The molecule has 2 heteroatoms. The average molecular weight is 243 g/mol. The molecule has 3 aliphatic rings. The highest BCUT2D eigenvalue weighted by molar-refractivity contribution is 5.25. The Labute approximate surface area is 109 Å². The van der Waals surface area contributed by atoms with Crippen molar-refractivity contribution in [3.63, 3.8) is 0 Å². The first-order chi connectivity index (χ1) is 8.76. The molecule has 18 heavy (non-hydrogen) atoms. The first-order valence-corrected chi connectivity index (χ1v) is 7.32. The van der Waals surface area contributed by atoms with Crippen molar-refractivity contribution in [2.45, 2.75) is 62.3 Å². The zero-order valence-electron chi connectivity index (χ0n) is 10.8. The summed E-state index contributed by atoms with van der Waals surface area (Å²) in [6, 6.07) is 12.4. The molecule has 0 amide bonds. The van der Waals surface area contributed by atoms with Gasteiger partial charge in [-0.2, -0.15) is 0 Å². The largest absolute Gasteiger partial charge is 0.385 e. The van der Waals surface area contributed by atoms with Crippen molar-refractivity contribution in [1.29, 1.82) is 0 Å². The van der Waals surface area contributed by atoms with Gasteiger partial charge >= 0.3 is 0 Å². The first kappa shape index (κ1) is 11.0. The molecule has 1 saturated carbocycles. The van der Waals surface area contributed by atoms with Gasteiger partial charge in [0.05, 0.1) is 5.60 Å². The molecule has 0 aromatic heterocycles. The standard InChI is InChI=1S/C16H21NO/c18-16(12-4-2-1-3-5-12)10-14-8-9-15(11-16)17(14)13-6-7-13/h1-5,13-15,18H,6-11H2. The van der Waals surface area contributed by atoms with Crippen LogP contribution in [0.25, 0.3) is 0 Å². The van der Waals surface area contributed by atoms with Crippen LogP contribution in [0.1, 0.15) is 44.1 Å². The molecule has 1 aliphatic carbocycles. The maximum absolute atomic E-state index is 11.0. The lowest BCUT2D eigenvalue weighted by Crippen LogP contribution is -2.50. The monoisotopic (exact) mass is 243 g/mol. The second-order valence-corrected chi connectivity index (χ2v) is 6.37. The van der Waals surface area contributed by atoms with Gasteiger partial charge < -0.3 is 5.11 Å². The summed E-state index contributed by atoms with van der Waals surface area (Å²) < 4.78 is 0. The fraction of sp³-hybridized carbons (Fsp3) is 0.625. The molecule has 1 N–H and O–H groups in total. The van der Waals surface area contributed by atoms with Crippen LogP contribution in [0.15, 0.2) is 30.3 Å². The highest BCUT2D eigenvalue weighted by atomic mass is 16.3. The molecule has 0 spiro atoms. The van der Waals surface area contributed by atoms with E-state index in [1.165, 1.54) is 25.7 Å². The fourth-order valence-electron chi connectivity index (χ4n) is 4.21. The van der Waals surface area contributed by atoms with Crippen LogP contribution in [0, 0.1) is 0 Å². The number of aliphatic hydroxyl groups is 1. The fourth-order valence-corrected chi connectivity index (χ4v) is 4.21. The summed E-state index contributed by atoms with van der Waals surface area (Å²) in [5.74, 6) is 0. The summed E-state index contributed by atoms with van der Waals surface area (Å²) in [6.45, 7) is 0. The van der Waals surface area contributed by atoms with Gasteiger partial charge in [-0.15, -0.1) is 0 Å². The molecule has 96 valence electrons. The predicted molar refractivity (Wildman–Crippen MR) is 71.2 cm³/mol. The van der Waals surface area contributed by atoms with Gasteiger partial charge in [0.25, 0.3) is 0 Å². The van der Waals surface area contributed by atoms with Crippen molar-refractivity contribution in [2.24, 2.45) is 0 Å². The number of hydrogen-bond acceptors (Lipinski definition) is 2. The molecule has 2 aliphatic heterocycles. The van der Waals surface area contributed by atoms with Crippen LogP contribution in [0.3, 0.4) is 0 Å². The van der Waals surface area contributed by atoms with Crippen molar-refractivity contribution >= 4 is 0 Å². The molecule has 0 radical (unpaired) electrons. The smallest absolute Gasteiger partial charge is 0.0926 e. The minimum Gasteiger partial charge on any atom is -0.385 e. The average Bonchev–Trinajstić information content (AvgIpc) is 3.18. The number of hydrogen-bond donors (Lipinski definition) is 1. The third-order valence-electron chi connectivity index (χ3n) is 5.10. The topological polar surface area (TPSA) is 23.5 Å². The number of fused-ring (bicyclic) bond motifs is 2. The summed E-state index contributed by atoms with van der Waals surface area (Å²) in [6.07, 6.45) is 7.22. The van der Waals surface area contributed by atoms with Crippen LogP contribution >= 0.6 is 0 Å². The Morgan fingerprint density at radius 1 is 0.889 bits per heavy atom. The Bertz CT molecular complexity index is 426. The third kappa shape index (κ3) is 1.63. The van der Waals surface area contributed by atoms with Crippen LogP contribution in [-0.4, -0.2) is 28.1 Å². The van der Waals surface area contributed by atoms with E-state index in [0.717, 1.165) is 24.4 Å². The second kappa shape index (κ2) is 3.82. The van der Waals surface area contributed by atoms with Crippen molar-refractivity contribution in [3.8, 4) is 0 Å². The first-order valence-electron chi connectivity index (χ1n) is 7.32. The van der Waals surface area contributed by atoms with Crippen molar-refractivity contribution in [3.05, 3.63) is 35.9 Å². The molecular weight excluding hydrogens is 222 g/mol. The van der Waals surface area contributed by atoms with Gasteiger partial charge in [-0.25, -0.2) is 0 Å². The Hall–Kier alpha value is -0.860. The second-order valence-electron chi connectivity index (χ2n) is 6.37. The number of piperidine rings is 1. The van der Waals surface area contributed by atoms with Crippen LogP contribution < -0.4 is 0 Å². The quantitative estimate of drug-likeness (QED) is 0.863. The third-order valence-corrected chi connectivity index (χ3v) is 5.10. The molecule has 2 nitrogen and oxygen atoms in total. The van der Waals surface area contributed by atoms with Crippen LogP contribution in [0.2, 0.25) is 0 Å². The molecule has 2 atom stereocenters. The minimum atomic E-state index is -0.571. The molecule has 2 unspecified atom stereocenters. The lowest BCUT2D eigenvalue weighted by Gasteiger charge is -2.44. The highest BCUT2D eigenvalue weighted by Crippen LogP contribution is 2.49. The lowest BCUT2D eigenvalue weighted by molar-refractivity contribution is -0.0594. The molecule has 4 rings (SSSR count). The summed E-state index contributed by atoms with van der Waals surface area (Å²) in [7, 11) is 0. The Morgan fingerprint density at radius 2 is 1.44 bits per heavy atom. The molecule has 2 heterocycles. The van der Waals surface area contributed by atoms with E-state index in [1.807, 2.05) is 18.2 Å². The number of rotatable bonds is 2. The molecule has 1 aromatic rings. The van der Waals surface area contributed by atoms with Gasteiger partial charge in [-0.3, -0.25) is 4.90 Å². The van der Waals surface area contributed by atoms with Gasteiger partial charge in [0, 0.05) is 18.1 Å². The molecule has 2 bridgehead atoms. The zero-order chi connectivity index (χ0) is 12.2. The molecule has 3 fully saturated rings. The number of benzene rings is 1. The van der Waals surface area contributed by atoms with E-state index in [1.54, 1.807) is 0 Å². The van der Waals surface area contributed by atoms with Crippen LogP contribution in [0.4, 0.5) is 0 Å². The van der Waals surface area contributed by atoms with Gasteiger partial charge in [-0.1, -0.05) is 30.3 Å². The van der Waals surface area contributed by atoms with Gasteiger partial charge in [0.15, 0.2) is 0 Å². The van der Waals surface area contributed by atoms with E-state index < -0.39 is 5.60 Å².